The van der Waals surface area contributed by atoms with Gasteiger partial charge in [-0.1, -0.05) is 50.2 Å². The molecule has 0 saturated carbocycles. The van der Waals surface area contributed by atoms with Crippen LogP contribution in [0.15, 0.2) is 66.0 Å². The predicted molar refractivity (Wildman–Crippen MR) is 135 cm³/mol. The van der Waals surface area contributed by atoms with Gasteiger partial charge in [-0.3, -0.25) is 9.59 Å². The first kappa shape index (κ1) is 28.6. The number of amidine groups is 1. The van der Waals surface area contributed by atoms with Crippen LogP contribution in [0.1, 0.15) is 64.5 Å². The Morgan fingerprint density at radius 3 is 2.30 bits per heavy atom. The highest BCUT2D eigenvalue weighted by atomic mass is 19.3. The number of hydrogen-bond donors (Lipinski definition) is 4. The number of carbonyl (C=O) groups excluding carboxylic acids is 2. The van der Waals surface area contributed by atoms with Gasteiger partial charge in [0.1, 0.15) is 29.3 Å². The van der Waals surface area contributed by atoms with E-state index in [2.05, 4.69) is 30.4 Å². The van der Waals surface area contributed by atoms with Crippen LogP contribution >= 0.6 is 0 Å². The number of ether oxygens (including phenoxy) is 1. The molecule has 0 aliphatic heterocycles. The molecule has 3 aromatic rings. The van der Waals surface area contributed by atoms with Crippen LogP contribution < -0.4 is 26.9 Å². The molecular weight excluding hydrogens is 484 g/mol. The SMILES string of the molecule is CC.CC(NC(=O)c1cc(C(=O)NCc2cccc(OC(F)F)c2)ncn1)c1ccc(/C(N)=N/N)cc1. The average Bonchev–Trinajstić information content (AvgIpc) is 2.92. The van der Waals surface area contributed by atoms with Crippen LogP contribution in [-0.4, -0.2) is 34.2 Å². The number of hydrazone groups is 1. The van der Waals surface area contributed by atoms with Crippen LogP contribution in [0.3, 0.4) is 0 Å². The normalized spacial score (nSPS) is 11.7. The Morgan fingerprint density at radius 2 is 1.68 bits per heavy atom. The Kier molecular flexibility index (Phi) is 10.9. The molecule has 2 amide bonds. The molecule has 10 nitrogen and oxygen atoms in total. The predicted octanol–water partition coefficient (Wildman–Crippen LogP) is 3.10. The van der Waals surface area contributed by atoms with Crippen LogP contribution in [0.25, 0.3) is 0 Å². The minimum atomic E-state index is -2.95. The van der Waals surface area contributed by atoms with E-state index in [0.717, 1.165) is 11.9 Å². The molecule has 0 radical (unpaired) electrons. The van der Waals surface area contributed by atoms with Gasteiger partial charge in [-0.05, 0) is 30.2 Å². The lowest BCUT2D eigenvalue weighted by molar-refractivity contribution is -0.0498. The lowest BCUT2D eigenvalue weighted by atomic mass is 10.1. The summed E-state index contributed by atoms with van der Waals surface area (Å²) in [6.07, 6.45) is 1.11. The molecule has 37 heavy (non-hydrogen) atoms. The molecule has 0 bridgehead atoms. The number of nitrogens with one attached hydrogen (secondary N) is 2. The molecule has 1 aromatic heterocycles. The number of nitrogens with two attached hydrogens (primary N) is 2. The van der Waals surface area contributed by atoms with Crippen molar-refractivity contribution in [2.45, 2.75) is 40.0 Å². The van der Waals surface area contributed by atoms with Crippen molar-refractivity contribution < 1.29 is 23.1 Å². The standard InChI is InChI=1S/C23H23F2N7O3.C2H6/c1-13(15-5-7-16(8-6-15)20(26)32-27)31-22(34)19-10-18(29-12-30-19)21(33)28-11-14-3-2-4-17(9-14)35-23(24)25;1-2/h2-10,12-13,23H,11,27H2,1H3,(H2,26,32)(H,28,33)(H,31,34);1-2H3. The molecule has 1 unspecified atom stereocenters. The molecule has 1 atom stereocenters. The average molecular weight is 514 g/mol. The lowest BCUT2D eigenvalue weighted by Gasteiger charge is -2.15. The second-order valence-corrected chi connectivity index (χ2v) is 7.33. The molecule has 0 aliphatic rings. The van der Waals surface area contributed by atoms with E-state index in [1.165, 1.54) is 24.3 Å². The molecule has 0 saturated heterocycles. The molecule has 3 rings (SSSR count). The van der Waals surface area contributed by atoms with Crippen molar-refractivity contribution in [3.63, 3.8) is 0 Å². The molecule has 0 spiro atoms. The zero-order chi connectivity index (χ0) is 27.4. The van der Waals surface area contributed by atoms with Crippen LogP contribution in [0.2, 0.25) is 0 Å². The van der Waals surface area contributed by atoms with Crippen LogP contribution in [0.4, 0.5) is 8.78 Å². The molecule has 1 heterocycles. The van der Waals surface area contributed by atoms with Crippen molar-refractivity contribution >= 4 is 17.6 Å². The summed E-state index contributed by atoms with van der Waals surface area (Å²) in [7, 11) is 0. The van der Waals surface area contributed by atoms with Crippen molar-refractivity contribution in [2.75, 3.05) is 0 Å². The third kappa shape index (κ3) is 8.53. The van der Waals surface area contributed by atoms with E-state index < -0.39 is 18.4 Å². The summed E-state index contributed by atoms with van der Waals surface area (Å²) in [6, 6.07) is 13.8. The first-order chi connectivity index (χ1) is 17.8. The van der Waals surface area contributed by atoms with Gasteiger partial charge in [0.25, 0.3) is 11.8 Å². The first-order valence-electron chi connectivity index (χ1n) is 11.4. The van der Waals surface area contributed by atoms with E-state index in [4.69, 9.17) is 11.6 Å². The number of benzene rings is 2. The fourth-order valence-corrected chi connectivity index (χ4v) is 3.08. The Bertz CT molecular complexity index is 1220. The van der Waals surface area contributed by atoms with E-state index in [0.29, 0.717) is 11.1 Å². The Balaban J connectivity index is 0.00000235. The summed E-state index contributed by atoms with van der Waals surface area (Å²) < 4.78 is 29.1. The second-order valence-electron chi connectivity index (χ2n) is 7.33. The van der Waals surface area contributed by atoms with E-state index in [1.54, 1.807) is 37.3 Å². The molecular formula is C25H29F2N7O3. The third-order valence-electron chi connectivity index (χ3n) is 4.90. The lowest BCUT2D eigenvalue weighted by Crippen LogP contribution is -2.29. The summed E-state index contributed by atoms with van der Waals surface area (Å²) in [4.78, 5) is 33.0. The van der Waals surface area contributed by atoms with Crippen LogP contribution in [0.5, 0.6) is 5.75 Å². The fourth-order valence-electron chi connectivity index (χ4n) is 3.08. The zero-order valence-electron chi connectivity index (χ0n) is 20.6. The van der Waals surface area contributed by atoms with Gasteiger partial charge in [0.05, 0.1) is 6.04 Å². The number of carbonyl (C=O) groups is 2. The summed E-state index contributed by atoms with van der Waals surface area (Å²) in [5, 5.41) is 8.85. The maximum Gasteiger partial charge on any atom is 0.387 e. The molecule has 12 heteroatoms. The number of nitrogens with zero attached hydrogens (tertiary/aromatic N) is 3. The van der Waals surface area contributed by atoms with Crippen molar-refractivity contribution in [1.82, 2.24) is 20.6 Å². The summed E-state index contributed by atoms with van der Waals surface area (Å²) in [5.74, 6) is 4.27. The third-order valence-corrected chi connectivity index (χ3v) is 4.90. The number of aromatic nitrogens is 2. The Hall–Kier alpha value is -4.61. The molecule has 2 aromatic carbocycles. The monoisotopic (exact) mass is 513 g/mol. The van der Waals surface area contributed by atoms with Crippen LogP contribution in [0, 0.1) is 0 Å². The molecule has 196 valence electrons. The Morgan fingerprint density at radius 1 is 1.03 bits per heavy atom. The molecule has 0 aliphatic carbocycles. The highest BCUT2D eigenvalue weighted by Crippen LogP contribution is 2.16. The van der Waals surface area contributed by atoms with Crippen LogP contribution in [-0.2, 0) is 6.54 Å². The maximum atomic E-state index is 12.7. The number of halogens is 2. The van der Waals surface area contributed by atoms with Gasteiger partial charge in [0, 0.05) is 18.2 Å². The summed E-state index contributed by atoms with van der Waals surface area (Å²) in [6.45, 7) is 2.88. The van der Waals surface area contributed by atoms with Gasteiger partial charge in [-0.25, -0.2) is 9.97 Å². The van der Waals surface area contributed by atoms with E-state index in [1.807, 2.05) is 13.8 Å². The quantitative estimate of drug-likeness (QED) is 0.148. The fraction of sp³-hybridized carbons (Fsp3) is 0.240. The van der Waals surface area contributed by atoms with Gasteiger partial charge >= 0.3 is 6.61 Å². The summed E-state index contributed by atoms with van der Waals surface area (Å²) >= 11 is 0. The highest BCUT2D eigenvalue weighted by Gasteiger charge is 2.16. The van der Waals surface area contributed by atoms with Gasteiger partial charge in [-0.2, -0.15) is 13.9 Å². The minimum Gasteiger partial charge on any atom is -0.435 e. The number of alkyl halides is 2. The van der Waals surface area contributed by atoms with Crippen molar-refractivity contribution in [2.24, 2.45) is 16.7 Å². The summed E-state index contributed by atoms with van der Waals surface area (Å²) in [5.41, 5.74) is 7.64. The van der Waals surface area contributed by atoms with Crippen molar-refractivity contribution in [3.8, 4) is 5.75 Å². The second kappa shape index (κ2) is 14.1. The van der Waals surface area contributed by atoms with Gasteiger partial charge in [0.2, 0.25) is 0 Å². The minimum absolute atomic E-state index is 0.000426. The van der Waals surface area contributed by atoms with Crippen molar-refractivity contribution in [1.29, 1.82) is 0 Å². The van der Waals surface area contributed by atoms with Gasteiger partial charge < -0.3 is 26.9 Å². The molecule has 6 N–H and O–H groups in total. The number of rotatable bonds is 9. The number of amides is 2. The molecule has 0 fully saturated rings. The van der Waals surface area contributed by atoms with Gasteiger partial charge in [0.15, 0.2) is 0 Å². The topological polar surface area (TPSA) is 158 Å². The largest absolute Gasteiger partial charge is 0.435 e. The zero-order valence-corrected chi connectivity index (χ0v) is 20.6. The first-order valence-corrected chi connectivity index (χ1v) is 11.4. The van der Waals surface area contributed by atoms with E-state index in [9.17, 15) is 18.4 Å². The Labute approximate surface area is 213 Å². The van der Waals surface area contributed by atoms with Crippen molar-refractivity contribution in [3.05, 3.63) is 89.0 Å². The van der Waals surface area contributed by atoms with E-state index >= 15 is 0 Å². The maximum absolute atomic E-state index is 12.7. The van der Waals surface area contributed by atoms with E-state index in [-0.39, 0.29) is 35.6 Å². The smallest absolute Gasteiger partial charge is 0.387 e. The van der Waals surface area contributed by atoms with Gasteiger partial charge in [-0.15, -0.1) is 0 Å². The highest BCUT2D eigenvalue weighted by molar-refractivity contribution is 5.98. The number of hydrogen-bond acceptors (Lipinski definition) is 7.